The van der Waals surface area contributed by atoms with Gasteiger partial charge in [0, 0.05) is 12.1 Å². The number of carbonyl (C=O) groups excluding carboxylic acids is 1. The van der Waals surface area contributed by atoms with Crippen LogP contribution in [0.4, 0.5) is 0 Å². The lowest BCUT2D eigenvalue weighted by atomic mass is 9.90. The lowest BCUT2D eigenvalue weighted by Gasteiger charge is -2.43. The topological polar surface area (TPSA) is 55.6 Å². The van der Waals surface area contributed by atoms with E-state index in [4.69, 9.17) is 9.15 Å². The molecule has 4 rings (SSSR count). The molecule has 1 saturated carbocycles. The van der Waals surface area contributed by atoms with Crippen molar-refractivity contribution in [2.45, 2.75) is 70.9 Å². The zero-order valence-electron chi connectivity index (χ0n) is 17.1. The SMILES string of the molecule is Cc1oc(-c2ccc(C(C)C)cc2)nc1CC(=O)N1CCOC2CCCCC21. The zero-order chi connectivity index (χ0) is 19.7. The van der Waals surface area contributed by atoms with E-state index in [1.807, 2.05) is 24.0 Å². The summed E-state index contributed by atoms with van der Waals surface area (Å²) in [6, 6.07) is 8.54. The molecule has 1 aliphatic carbocycles. The van der Waals surface area contributed by atoms with Crippen molar-refractivity contribution < 1.29 is 13.9 Å². The molecule has 5 heteroatoms. The molecule has 2 aromatic rings. The molecular formula is C23H30N2O3. The number of aryl methyl sites for hydroxylation is 1. The van der Waals surface area contributed by atoms with Crippen LogP contribution in [0.2, 0.25) is 0 Å². The van der Waals surface area contributed by atoms with Gasteiger partial charge in [0.05, 0.1) is 30.9 Å². The van der Waals surface area contributed by atoms with Crippen molar-refractivity contribution in [3.05, 3.63) is 41.3 Å². The number of carbonyl (C=O) groups is 1. The van der Waals surface area contributed by atoms with Gasteiger partial charge in [-0.3, -0.25) is 4.79 Å². The van der Waals surface area contributed by atoms with E-state index in [0.29, 0.717) is 31.4 Å². The van der Waals surface area contributed by atoms with E-state index in [-0.39, 0.29) is 18.1 Å². The van der Waals surface area contributed by atoms with Crippen LogP contribution in [0.1, 0.15) is 62.5 Å². The van der Waals surface area contributed by atoms with E-state index in [1.165, 1.54) is 18.4 Å². The van der Waals surface area contributed by atoms with Gasteiger partial charge in [0.25, 0.3) is 0 Å². The molecular weight excluding hydrogens is 352 g/mol. The quantitative estimate of drug-likeness (QED) is 0.782. The van der Waals surface area contributed by atoms with Crippen molar-refractivity contribution in [2.75, 3.05) is 13.2 Å². The number of benzene rings is 1. The highest BCUT2D eigenvalue weighted by Crippen LogP contribution is 2.30. The molecule has 2 fully saturated rings. The van der Waals surface area contributed by atoms with Gasteiger partial charge in [-0.2, -0.15) is 0 Å². The summed E-state index contributed by atoms with van der Waals surface area (Å²) in [5.41, 5.74) is 2.98. The number of amides is 1. The first kappa shape index (κ1) is 19.2. The van der Waals surface area contributed by atoms with E-state index >= 15 is 0 Å². The molecule has 2 aliphatic rings. The third-order valence-corrected chi connectivity index (χ3v) is 6.09. The van der Waals surface area contributed by atoms with Crippen LogP contribution in [0.25, 0.3) is 11.5 Å². The van der Waals surface area contributed by atoms with E-state index in [2.05, 4.69) is 31.0 Å². The largest absolute Gasteiger partial charge is 0.441 e. The minimum absolute atomic E-state index is 0.137. The summed E-state index contributed by atoms with van der Waals surface area (Å²) in [4.78, 5) is 19.7. The molecule has 1 saturated heterocycles. The summed E-state index contributed by atoms with van der Waals surface area (Å²) >= 11 is 0. The van der Waals surface area contributed by atoms with Crippen LogP contribution < -0.4 is 0 Å². The summed E-state index contributed by atoms with van der Waals surface area (Å²) in [6.45, 7) is 7.57. The van der Waals surface area contributed by atoms with Gasteiger partial charge in [-0.15, -0.1) is 0 Å². The van der Waals surface area contributed by atoms with Gasteiger partial charge in [-0.1, -0.05) is 38.8 Å². The van der Waals surface area contributed by atoms with Crippen molar-refractivity contribution in [1.29, 1.82) is 0 Å². The highest BCUT2D eigenvalue weighted by atomic mass is 16.5. The minimum Gasteiger partial charge on any atom is -0.441 e. The normalized spacial score (nSPS) is 22.4. The van der Waals surface area contributed by atoms with E-state index in [1.54, 1.807) is 0 Å². The van der Waals surface area contributed by atoms with Gasteiger partial charge in [0.1, 0.15) is 5.76 Å². The first-order chi connectivity index (χ1) is 13.5. The van der Waals surface area contributed by atoms with E-state index in [9.17, 15) is 4.79 Å². The van der Waals surface area contributed by atoms with Crippen LogP contribution in [-0.2, 0) is 16.0 Å². The molecule has 2 unspecified atom stereocenters. The highest BCUT2D eigenvalue weighted by molar-refractivity contribution is 5.79. The Kier molecular flexibility index (Phi) is 5.54. The standard InChI is InChI=1S/C23H30N2O3/c1-15(2)17-8-10-18(11-9-17)23-24-19(16(3)28-23)14-22(26)25-12-13-27-21-7-5-4-6-20(21)25/h8-11,15,20-21H,4-7,12-14H2,1-3H3. The molecule has 28 heavy (non-hydrogen) atoms. The van der Waals surface area contributed by atoms with Crippen LogP contribution in [0.15, 0.2) is 28.7 Å². The fourth-order valence-electron chi connectivity index (χ4n) is 4.38. The summed E-state index contributed by atoms with van der Waals surface area (Å²) in [7, 11) is 0. The number of aromatic nitrogens is 1. The zero-order valence-corrected chi connectivity index (χ0v) is 17.1. The maximum atomic E-state index is 13.0. The minimum atomic E-state index is 0.137. The summed E-state index contributed by atoms with van der Waals surface area (Å²) in [5.74, 6) is 1.95. The van der Waals surface area contributed by atoms with Gasteiger partial charge in [-0.05, 0) is 43.4 Å². The van der Waals surface area contributed by atoms with Crippen molar-refractivity contribution >= 4 is 5.91 Å². The molecule has 1 amide bonds. The number of oxazole rings is 1. The Morgan fingerprint density at radius 3 is 2.71 bits per heavy atom. The van der Waals surface area contributed by atoms with Crippen LogP contribution in [-0.4, -0.2) is 41.1 Å². The molecule has 1 aromatic carbocycles. The van der Waals surface area contributed by atoms with Crippen LogP contribution in [0.3, 0.4) is 0 Å². The van der Waals surface area contributed by atoms with Crippen LogP contribution >= 0.6 is 0 Å². The van der Waals surface area contributed by atoms with E-state index < -0.39 is 0 Å². The number of morpholine rings is 1. The van der Waals surface area contributed by atoms with Crippen molar-refractivity contribution in [2.24, 2.45) is 0 Å². The lowest BCUT2D eigenvalue weighted by Crippen LogP contribution is -2.55. The average molecular weight is 383 g/mol. The van der Waals surface area contributed by atoms with Gasteiger partial charge < -0.3 is 14.1 Å². The Morgan fingerprint density at radius 2 is 1.96 bits per heavy atom. The number of nitrogens with zero attached hydrogens (tertiary/aromatic N) is 2. The average Bonchev–Trinajstić information content (AvgIpc) is 3.08. The van der Waals surface area contributed by atoms with Gasteiger partial charge in [-0.25, -0.2) is 4.98 Å². The Morgan fingerprint density at radius 1 is 1.21 bits per heavy atom. The van der Waals surface area contributed by atoms with Gasteiger partial charge >= 0.3 is 0 Å². The van der Waals surface area contributed by atoms with Gasteiger partial charge in [0.2, 0.25) is 11.8 Å². The molecule has 0 radical (unpaired) electrons. The molecule has 0 spiro atoms. The first-order valence-electron chi connectivity index (χ1n) is 10.5. The number of rotatable bonds is 4. The Hall–Kier alpha value is -2.14. The summed E-state index contributed by atoms with van der Waals surface area (Å²) < 4.78 is 11.8. The molecule has 2 heterocycles. The third-order valence-electron chi connectivity index (χ3n) is 6.09. The second kappa shape index (κ2) is 8.08. The molecule has 0 bridgehead atoms. The first-order valence-corrected chi connectivity index (χ1v) is 10.5. The maximum Gasteiger partial charge on any atom is 0.229 e. The number of hydrogen-bond acceptors (Lipinski definition) is 4. The lowest BCUT2D eigenvalue weighted by molar-refractivity contribution is -0.148. The van der Waals surface area contributed by atoms with E-state index in [0.717, 1.165) is 29.9 Å². The fourth-order valence-corrected chi connectivity index (χ4v) is 4.38. The molecule has 1 aliphatic heterocycles. The Balaban J connectivity index is 1.48. The fraction of sp³-hybridized carbons (Fsp3) is 0.565. The number of ether oxygens (including phenoxy) is 1. The molecule has 0 N–H and O–H groups in total. The van der Waals surface area contributed by atoms with Crippen LogP contribution in [0.5, 0.6) is 0 Å². The maximum absolute atomic E-state index is 13.0. The van der Waals surface area contributed by atoms with Crippen molar-refractivity contribution in [3.63, 3.8) is 0 Å². The monoisotopic (exact) mass is 382 g/mol. The van der Waals surface area contributed by atoms with Gasteiger partial charge in [0.15, 0.2) is 0 Å². The second-order valence-corrected chi connectivity index (χ2v) is 8.32. The summed E-state index contributed by atoms with van der Waals surface area (Å²) in [6.07, 6.45) is 4.98. The predicted molar refractivity (Wildman–Crippen MR) is 108 cm³/mol. The number of fused-ring (bicyclic) bond motifs is 1. The van der Waals surface area contributed by atoms with Crippen molar-refractivity contribution in [1.82, 2.24) is 9.88 Å². The molecule has 1 aromatic heterocycles. The van der Waals surface area contributed by atoms with Crippen molar-refractivity contribution in [3.8, 4) is 11.5 Å². The summed E-state index contributed by atoms with van der Waals surface area (Å²) in [5, 5.41) is 0. The number of hydrogen-bond donors (Lipinski definition) is 0. The smallest absolute Gasteiger partial charge is 0.229 e. The third kappa shape index (κ3) is 3.86. The highest BCUT2D eigenvalue weighted by Gasteiger charge is 2.36. The Labute approximate surface area is 167 Å². The Bertz CT molecular complexity index is 823. The van der Waals surface area contributed by atoms with Crippen LogP contribution in [0, 0.1) is 6.92 Å². The molecule has 150 valence electrons. The predicted octanol–water partition coefficient (Wildman–Crippen LogP) is 4.49. The molecule has 2 atom stereocenters. The molecule has 5 nitrogen and oxygen atoms in total. The second-order valence-electron chi connectivity index (χ2n) is 8.32.